The normalized spacial score (nSPS) is 21.1. The van der Waals surface area contributed by atoms with Crippen molar-refractivity contribution in [2.24, 2.45) is 7.05 Å². The number of fused-ring (bicyclic) bond motifs is 2. The molecule has 1 amide bonds. The second kappa shape index (κ2) is 12.7. The molecule has 2 aromatic heterocycles. The first-order valence-electron chi connectivity index (χ1n) is 16.0. The minimum Gasteiger partial charge on any atom is -0.461 e. The molecule has 2 fully saturated rings. The summed E-state index contributed by atoms with van der Waals surface area (Å²) >= 11 is 6.99. The van der Waals surface area contributed by atoms with Gasteiger partial charge < -0.3 is 28.9 Å². The fourth-order valence-electron chi connectivity index (χ4n) is 6.49. The van der Waals surface area contributed by atoms with Crippen molar-refractivity contribution in [2.75, 3.05) is 51.3 Å². The molecule has 2 aliphatic rings. The van der Waals surface area contributed by atoms with Gasteiger partial charge in [-0.3, -0.25) is 4.68 Å². The van der Waals surface area contributed by atoms with Gasteiger partial charge >= 0.3 is 12.1 Å². The molecule has 6 rings (SSSR count). The maximum atomic E-state index is 17.1. The summed E-state index contributed by atoms with van der Waals surface area (Å²) in [4.78, 5) is 28.5. The van der Waals surface area contributed by atoms with Gasteiger partial charge in [-0.25, -0.2) is 9.18 Å². The number of rotatable bonds is 5. The second-order valence-corrected chi connectivity index (χ2v) is 14.2. The predicted octanol–water partition coefficient (Wildman–Crippen LogP) is 5.83. The first-order valence-corrected chi connectivity index (χ1v) is 16.4. The Labute approximate surface area is 279 Å². The number of anilines is 1. The van der Waals surface area contributed by atoms with E-state index in [4.69, 9.17) is 30.8 Å². The van der Waals surface area contributed by atoms with Crippen molar-refractivity contribution in [3.8, 4) is 17.1 Å². The highest BCUT2D eigenvalue weighted by Crippen LogP contribution is 2.43. The number of benzene rings is 2. The van der Waals surface area contributed by atoms with Gasteiger partial charge in [-0.05, 0) is 60.2 Å². The number of aryl methyl sites for hydroxylation is 2. The fourth-order valence-corrected chi connectivity index (χ4v) is 6.77. The van der Waals surface area contributed by atoms with Crippen LogP contribution < -0.4 is 9.64 Å². The van der Waals surface area contributed by atoms with E-state index in [1.807, 2.05) is 67.8 Å². The van der Waals surface area contributed by atoms with Gasteiger partial charge in [0.2, 0.25) is 0 Å². The topological polar surface area (TPSA) is 98.1 Å². The molecule has 11 nitrogen and oxygen atoms in total. The molecule has 0 spiro atoms. The lowest BCUT2D eigenvalue weighted by atomic mass is 9.96. The highest BCUT2D eigenvalue weighted by molar-refractivity contribution is 6.35. The monoisotopic (exact) mass is 667 g/mol. The largest absolute Gasteiger partial charge is 0.461 e. The van der Waals surface area contributed by atoms with Gasteiger partial charge in [-0.2, -0.15) is 15.1 Å². The van der Waals surface area contributed by atoms with E-state index in [0.29, 0.717) is 43.0 Å². The lowest BCUT2D eigenvalue weighted by Gasteiger charge is -2.45. The first kappa shape index (κ1) is 33.2. The minimum atomic E-state index is -0.618. The van der Waals surface area contributed by atoms with Crippen molar-refractivity contribution >= 4 is 45.3 Å². The van der Waals surface area contributed by atoms with Crippen LogP contribution in [0, 0.1) is 12.7 Å². The van der Waals surface area contributed by atoms with Crippen LogP contribution in [-0.2, 0) is 16.5 Å². The van der Waals surface area contributed by atoms with E-state index in [0.717, 1.165) is 23.0 Å². The van der Waals surface area contributed by atoms with Gasteiger partial charge in [0.15, 0.2) is 5.82 Å². The first-order chi connectivity index (χ1) is 22.2. The second-order valence-electron chi connectivity index (χ2n) is 13.8. The Morgan fingerprint density at radius 3 is 2.60 bits per heavy atom. The summed E-state index contributed by atoms with van der Waals surface area (Å²) in [6.07, 6.45) is 1.20. The van der Waals surface area contributed by atoms with E-state index in [-0.39, 0.29) is 53.0 Å². The quantitative estimate of drug-likeness (QED) is 0.261. The number of ether oxygens (including phenoxy) is 3. The smallest absolute Gasteiger partial charge is 0.410 e. The molecule has 0 bridgehead atoms. The standard InChI is InChI=1S/C34H43ClFN7O4/c1-19-9-10-22-14-37-41(8)30(22)26(19)27-25(35)13-24-29(28(27)36)38-32(46-18-23-17-40(7)11-12-45-23)39-31(24)42-15-21(3)43(16-20(42)2)33(44)47-34(4,5)6/h9-10,13-14,20-21,23H,11-12,15-18H2,1-8H3/t20-,21+,23?/m0/s1. The Balaban J connectivity index is 1.46. The molecule has 3 atom stereocenters. The number of morpholine rings is 1. The molecule has 47 heavy (non-hydrogen) atoms. The Morgan fingerprint density at radius 2 is 1.87 bits per heavy atom. The molecule has 13 heteroatoms. The Bertz CT molecular complexity index is 1830. The summed E-state index contributed by atoms with van der Waals surface area (Å²) in [5.41, 5.74) is 2.00. The van der Waals surface area contributed by atoms with E-state index in [1.54, 1.807) is 21.8 Å². The average Bonchev–Trinajstić information content (AvgIpc) is 3.37. The molecule has 2 saturated heterocycles. The molecule has 2 aliphatic heterocycles. The Kier molecular flexibility index (Phi) is 8.96. The number of hydrogen-bond acceptors (Lipinski definition) is 9. The average molecular weight is 668 g/mol. The van der Waals surface area contributed by atoms with Gasteiger partial charge in [-0.1, -0.05) is 23.7 Å². The van der Waals surface area contributed by atoms with Crippen molar-refractivity contribution in [2.45, 2.75) is 65.3 Å². The number of nitrogens with zero attached hydrogens (tertiary/aromatic N) is 7. The van der Waals surface area contributed by atoms with E-state index < -0.39 is 11.4 Å². The molecule has 4 aromatic rings. The third-order valence-corrected chi connectivity index (χ3v) is 9.13. The van der Waals surface area contributed by atoms with Crippen LogP contribution >= 0.6 is 11.6 Å². The summed E-state index contributed by atoms with van der Waals surface area (Å²) in [6.45, 7) is 14.6. The zero-order chi connectivity index (χ0) is 33.8. The van der Waals surface area contributed by atoms with E-state index in [2.05, 4.69) is 19.9 Å². The molecule has 0 N–H and O–H groups in total. The number of hydrogen-bond donors (Lipinski definition) is 0. The van der Waals surface area contributed by atoms with Crippen LogP contribution in [0.4, 0.5) is 15.0 Å². The predicted molar refractivity (Wildman–Crippen MR) is 181 cm³/mol. The fraction of sp³-hybridized carbons (Fsp3) is 0.529. The van der Waals surface area contributed by atoms with Crippen LogP contribution in [0.3, 0.4) is 0 Å². The zero-order valence-electron chi connectivity index (χ0n) is 28.3. The van der Waals surface area contributed by atoms with Crippen molar-refractivity contribution in [3.63, 3.8) is 0 Å². The number of carbonyl (C=O) groups is 1. The van der Waals surface area contributed by atoms with Gasteiger partial charge in [0.1, 0.15) is 29.6 Å². The minimum absolute atomic E-state index is 0.0430. The van der Waals surface area contributed by atoms with Gasteiger partial charge in [0, 0.05) is 67.2 Å². The molecular weight excluding hydrogens is 625 g/mol. The molecule has 0 saturated carbocycles. The molecule has 0 aliphatic carbocycles. The van der Waals surface area contributed by atoms with Crippen LogP contribution in [0.15, 0.2) is 24.4 Å². The van der Waals surface area contributed by atoms with Crippen LogP contribution in [0.5, 0.6) is 6.01 Å². The van der Waals surface area contributed by atoms with Crippen molar-refractivity contribution in [1.82, 2.24) is 29.5 Å². The van der Waals surface area contributed by atoms with Crippen LogP contribution in [0.25, 0.3) is 32.9 Å². The molecular formula is C34H43ClFN7O4. The van der Waals surface area contributed by atoms with Gasteiger partial charge in [0.05, 0.1) is 23.3 Å². The number of amides is 1. The zero-order valence-corrected chi connectivity index (χ0v) is 29.1. The van der Waals surface area contributed by atoms with E-state index >= 15 is 4.39 Å². The van der Waals surface area contributed by atoms with Crippen molar-refractivity contribution in [1.29, 1.82) is 0 Å². The highest BCUT2D eigenvalue weighted by Gasteiger charge is 2.37. The maximum Gasteiger partial charge on any atom is 0.410 e. The molecule has 2 aromatic carbocycles. The van der Waals surface area contributed by atoms with Crippen LogP contribution in [0.1, 0.15) is 40.2 Å². The van der Waals surface area contributed by atoms with E-state index in [9.17, 15) is 4.79 Å². The number of halogens is 2. The van der Waals surface area contributed by atoms with Crippen LogP contribution in [0.2, 0.25) is 5.02 Å². The van der Waals surface area contributed by atoms with Crippen LogP contribution in [-0.4, -0.2) is 106 Å². The summed E-state index contributed by atoms with van der Waals surface area (Å²) in [5, 5.41) is 5.97. The molecule has 4 heterocycles. The Hall–Kier alpha value is -3.74. The third kappa shape index (κ3) is 6.55. The third-order valence-electron chi connectivity index (χ3n) is 8.83. The SMILES string of the molecule is Cc1ccc2cnn(C)c2c1-c1c(Cl)cc2c(N3C[C@@H](C)N(C(=O)OC(C)(C)C)C[C@@H]3C)nc(OCC3CN(C)CCO3)nc2c1F. The summed E-state index contributed by atoms with van der Waals surface area (Å²) in [5.74, 6) is -0.0859. The van der Waals surface area contributed by atoms with E-state index in [1.165, 1.54) is 0 Å². The maximum absolute atomic E-state index is 17.1. The lowest BCUT2D eigenvalue weighted by Crippen LogP contribution is -2.59. The number of carbonyl (C=O) groups excluding carboxylic acids is 1. The number of likely N-dealkylation sites (N-methyl/N-ethyl adjacent to an activating group) is 1. The van der Waals surface area contributed by atoms with Crippen molar-refractivity contribution in [3.05, 3.63) is 40.8 Å². The van der Waals surface area contributed by atoms with Gasteiger partial charge in [-0.15, -0.1) is 0 Å². The molecule has 1 unspecified atom stereocenters. The molecule has 252 valence electrons. The summed E-state index contributed by atoms with van der Waals surface area (Å²) in [6, 6.07) is 5.28. The summed E-state index contributed by atoms with van der Waals surface area (Å²) in [7, 11) is 3.86. The lowest BCUT2D eigenvalue weighted by molar-refractivity contribution is -0.0416. The molecule has 0 radical (unpaired) electrons. The Morgan fingerprint density at radius 1 is 1.11 bits per heavy atom. The summed E-state index contributed by atoms with van der Waals surface area (Å²) < 4.78 is 36.5. The number of piperazine rings is 1. The highest BCUT2D eigenvalue weighted by atomic mass is 35.5. The van der Waals surface area contributed by atoms with Crippen molar-refractivity contribution < 1.29 is 23.4 Å². The number of aromatic nitrogens is 4. The van der Waals surface area contributed by atoms with Gasteiger partial charge in [0.25, 0.3) is 0 Å².